The van der Waals surface area contributed by atoms with Gasteiger partial charge in [-0.15, -0.1) is 11.3 Å². The average Bonchev–Trinajstić information content (AvgIpc) is 2.76. The van der Waals surface area contributed by atoms with E-state index in [4.69, 9.17) is 16.3 Å². The van der Waals surface area contributed by atoms with Crippen LogP contribution in [0.15, 0.2) is 34.8 Å². The van der Waals surface area contributed by atoms with Crippen LogP contribution in [0.25, 0.3) is 0 Å². The first kappa shape index (κ1) is 14.9. The summed E-state index contributed by atoms with van der Waals surface area (Å²) in [6.45, 7) is 0. The molecule has 5 heteroatoms. The molecule has 0 amide bonds. The second-order valence-corrected chi connectivity index (χ2v) is 6.67. The van der Waals surface area contributed by atoms with Gasteiger partial charge in [0, 0.05) is 15.4 Å². The fourth-order valence-corrected chi connectivity index (χ4v) is 3.82. The van der Waals surface area contributed by atoms with Crippen LogP contribution in [0.1, 0.15) is 16.5 Å². The minimum absolute atomic E-state index is 0.227. The zero-order valence-electron chi connectivity index (χ0n) is 10.7. The highest BCUT2D eigenvalue weighted by Gasteiger charge is 2.16. The Morgan fingerprint density at radius 1 is 1.42 bits per heavy atom. The largest absolute Gasteiger partial charge is 0.496 e. The number of benzene rings is 1. The molecular formula is C14H15BrClNOS. The molecule has 0 aliphatic carbocycles. The number of likely N-dealkylation sites (N-methyl/N-ethyl adjacent to an activating group) is 1. The maximum atomic E-state index is 6.11. The Hall–Kier alpha value is -0.550. The van der Waals surface area contributed by atoms with Gasteiger partial charge in [-0.1, -0.05) is 29.8 Å². The van der Waals surface area contributed by atoms with Gasteiger partial charge >= 0.3 is 0 Å². The molecular weight excluding hydrogens is 346 g/mol. The van der Waals surface area contributed by atoms with Crippen molar-refractivity contribution in [1.29, 1.82) is 0 Å². The Balaban J connectivity index is 2.23. The first-order valence-corrected chi connectivity index (χ1v) is 7.88. The highest BCUT2D eigenvalue weighted by Crippen LogP contribution is 2.36. The van der Waals surface area contributed by atoms with E-state index in [0.717, 1.165) is 21.0 Å². The van der Waals surface area contributed by atoms with Crippen LogP contribution in [0, 0.1) is 0 Å². The second-order valence-electron chi connectivity index (χ2n) is 4.13. The van der Waals surface area contributed by atoms with Crippen LogP contribution in [-0.4, -0.2) is 14.2 Å². The molecule has 2 rings (SSSR count). The quantitative estimate of drug-likeness (QED) is 0.836. The normalized spacial score (nSPS) is 12.4. The molecule has 2 nitrogen and oxygen atoms in total. The van der Waals surface area contributed by atoms with E-state index >= 15 is 0 Å². The molecule has 0 radical (unpaired) electrons. The summed E-state index contributed by atoms with van der Waals surface area (Å²) >= 11 is 11.2. The van der Waals surface area contributed by atoms with E-state index in [2.05, 4.69) is 33.4 Å². The third-order valence-electron chi connectivity index (χ3n) is 2.97. The summed E-state index contributed by atoms with van der Waals surface area (Å²) in [5.41, 5.74) is 1.19. The molecule has 102 valence electrons. The molecule has 0 bridgehead atoms. The zero-order chi connectivity index (χ0) is 13.8. The van der Waals surface area contributed by atoms with E-state index in [-0.39, 0.29) is 6.04 Å². The monoisotopic (exact) mass is 359 g/mol. The molecule has 2 aromatic rings. The fourth-order valence-electron chi connectivity index (χ4n) is 1.97. The molecule has 1 unspecified atom stereocenters. The standard InChI is InChI=1S/C14H15BrClNOS/c1-17-11(13-8-10(15)14(16)19-13)7-9-5-3-4-6-12(9)18-2/h3-6,8,11,17H,7H2,1-2H3. The van der Waals surface area contributed by atoms with Gasteiger partial charge in [0.2, 0.25) is 0 Å². The molecule has 0 spiro atoms. The van der Waals surface area contributed by atoms with Crippen molar-refractivity contribution < 1.29 is 4.74 Å². The smallest absolute Gasteiger partial charge is 0.122 e. The lowest BCUT2D eigenvalue weighted by Crippen LogP contribution is -2.18. The van der Waals surface area contributed by atoms with Crippen LogP contribution < -0.4 is 10.1 Å². The van der Waals surface area contributed by atoms with E-state index in [1.165, 1.54) is 10.4 Å². The topological polar surface area (TPSA) is 21.3 Å². The van der Waals surface area contributed by atoms with Gasteiger partial charge in [0.1, 0.15) is 10.1 Å². The number of nitrogens with one attached hydrogen (secondary N) is 1. The van der Waals surface area contributed by atoms with Crippen molar-refractivity contribution in [3.8, 4) is 5.75 Å². The minimum Gasteiger partial charge on any atom is -0.496 e. The van der Waals surface area contributed by atoms with Crippen molar-refractivity contribution in [2.45, 2.75) is 12.5 Å². The van der Waals surface area contributed by atoms with Gasteiger partial charge in [0.25, 0.3) is 0 Å². The van der Waals surface area contributed by atoms with Gasteiger partial charge in [-0.2, -0.15) is 0 Å². The summed E-state index contributed by atoms with van der Waals surface area (Å²) in [6, 6.07) is 10.4. The number of thiophene rings is 1. The summed E-state index contributed by atoms with van der Waals surface area (Å²) < 4.78 is 7.14. The lowest BCUT2D eigenvalue weighted by atomic mass is 10.0. The summed E-state index contributed by atoms with van der Waals surface area (Å²) in [7, 11) is 3.66. The number of hydrogen-bond donors (Lipinski definition) is 1. The molecule has 0 aliphatic heterocycles. The van der Waals surface area contributed by atoms with Crippen molar-refractivity contribution in [3.05, 3.63) is 49.6 Å². The molecule has 1 atom stereocenters. The summed E-state index contributed by atoms with van der Waals surface area (Å²) in [5.74, 6) is 0.921. The van der Waals surface area contributed by atoms with Crippen LogP contribution >= 0.6 is 38.9 Å². The van der Waals surface area contributed by atoms with Crippen molar-refractivity contribution >= 4 is 38.9 Å². The van der Waals surface area contributed by atoms with Crippen molar-refractivity contribution in [3.63, 3.8) is 0 Å². The molecule has 0 saturated carbocycles. The van der Waals surface area contributed by atoms with Crippen LogP contribution in [0.2, 0.25) is 4.34 Å². The van der Waals surface area contributed by atoms with Gasteiger partial charge in [0.15, 0.2) is 0 Å². The number of para-hydroxylation sites is 1. The molecule has 1 heterocycles. The Morgan fingerprint density at radius 2 is 2.16 bits per heavy atom. The van der Waals surface area contributed by atoms with Gasteiger partial charge in [-0.25, -0.2) is 0 Å². The van der Waals surface area contributed by atoms with Crippen molar-refractivity contribution in [2.75, 3.05) is 14.2 Å². The fraction of sp³-hybridized carbons (Fsp3) is 0.286. The molecule has 0 saturated heterocycles. The first-order valence-electron chi connectivity index (χ1n) is 5.89. The highest BCUT2D eigenvalue weighted by molar-refractivity contribution is 9.10. The first-order chi connectivity index (χ1) is 9.15. The number of ether oxygens (including phenoxy) is 1. The van der Waals surface area contributed by atoms with Crippen LogP contribution in [0.5, 0.6) is 5.75 Å². The second kappa shape index (κ2) is 6.75. The van der Waals surface area contributed by atoms with E-state index in [9.17, 15) is 0 Å². The van der Waals surface area contributed by atoms with Crippen LogP contribution in [0.4, 0.5) is 0 Å². The Bertz CT molecular complexity index is 539. The number of hydrogen-bond acceptors (Lipinski definition) is 3. The van der Waals surface area contributed by atoms with E-state index < -0.39 is 0 Å². The summed E-state index contributed by atoms with van der Waals surface area (Å²) in [5, 5.41) is 3.33. The van der Waals surface area contributed by atoms with Crippen molar-refractivity contribution in [1.82, 2.24) is 5.32 Å². The van der Waals surface area contributed by atoms with Crippen LogP contribution in [-0.2, 0) is 6.42 Å². The van der Waals surface area contributed by atoms with Crippen molar-refractivity contribution in [2.24, 2.45) is 0 Å². The summed E-state index contributed by atoms with van der Waals surface area (Å²) in [6.07, 6.45) is 0.865. The molecule has 1 aromatic carbocycles. The maximum absolute atomic E-state index is 6.11. The Morgan fingerprint density at radius 3 is 2.74 bits per heavy atom. The predicted molar refractivity (Wildman–Crippen MR) is 85.5 cm³/mol. The molecule has 19 heavy (non-hydrogen) atoms. The molecule has 0 aliphatic rings. The Labute approximate surface area is 130 Å². The van der Waals surface area contributed by atoms with Gasteiger partial charge in [-0.3, -0.25) is 0 Å². The molecule has 0 fully saturated rings. The van der Waals surface area contributed by atoms with Gasteiger partial charge < -0.3 is 10.1 Å². The third kappa shape index (κ3) is 3.51. The zero-order valence-corrected chi connectivity index (χ0v) is 13.9. The minimum atomic E-state index is 0.227. The van der Waals surface area contributed by atoms with Crippen LogP contribution in [0.3, 0.4) is 0 Å². The highest BCUT2D eigenvalue weighted by atomic mass is 79.9. The van der Waals surface area contributed by atoms with Gasteiger partial charge in [0.05, 0.1) is 7.11 Å². The Kier molecular flexibility index (Phi) is 5.28. The lowest BCUT2D eigenvalue weighted by molar-refractivity contribution is 0.406. The SMILES string of the molecule is CNC(Cc1ccccc1OC)c1cc(Br)c(Cl)s1. The average molecular weight is 361 g/mol. The molecule has 1 aromatic heterocycles. The molecule has 1 N–H and O–H groups in total. The number of halogens is 2. The van der Waals surface area contributed by atoms with E-state index in [0.29, 0.717) is 0 Å². The van der Waals surface area contributed by atoms with E-state index in [1.54, 1.807) is 18.4 Å². The third-order valence-corrected chi connectivity index (χ3v) is 5.56. The number of rotatable bonds is 5. The number of methoxy groups -OCH3 is 1. The van der Waals surface area contributed by atoms with Gasteiger partial charge in [-0.05, 0) is 47.1 Å². The summed E-state index contributed by atoms with van der Waals surface area (Å²) in [4.78, 5) is 1.21. The van der Waals surface area contributed by atoms with E-state index in [1.807, 2.05) is 25.2 Å². The lowest BCUT2D eigenvalue weighted by Gasteiger charge is -2.16. The maximum Gasteiger partial charge on any atom is 0.122 e. The predicted octanol–water partition coefficient (Wildman–Crippen LogP) is 4.68.